The van der Waals surface area contributed by atoms with Gasteiger partial charge >= 0.3 is 0 Å². The lowest BCUT2D eigenvalue weighted by atomic mass is 9.87. The van der Waals surface area contributed by atoms with Crippen molar-refractivity contribution in [1.82, 2.24) is 0 Å². The maximum absolute atomic E-state index is 11.9. The van der Waals surface area contributed by atoms with Crippen molar-refractivity contribution in [2.45, 2.75) is 21.1 Å². The van der Waals surface area contributed by atoms with Crippen molar-refractivity contribution in [3.05, 3.63) is 96.6 Å². The number of fused-ring (bicyclic) bond motifs is 1. The second kappa shape index (κ2) is 10.7. The van der Waals surface area contributed by atoms with Crippen LogP contribution in [0.2, 0.25) is 0 Å². The van der Waals surface area contributed by atoms with E-state index in [1.54, 1.807) is 60.7 Å². The molecule has 3 aliphatic rings. The molecular formula is C24H26N2O9S3. The first-order chi connectivity index (χ1) is 17.5. The van der Waals surface area contributed by atoms with Crippen molar-refractivity contribution in [1.29, 1.82) is 0 Å². The summed E-state index contributed by atoms with van der Waals surface area (Å²) in [6, 6.07) is 20.5. The smallest absolute Gasteiger partial charge is 0.295 e. The fourth-order valence-corrected chi connectivity index (χ4v) is 7.73. The maximum atomic E-state index is 11.9. The third-order valence-corrected chi connectivity index (χ3v) is 10.6. The highest BCUT2D eigenvalue weighted by atomic mass is 32.3. The molecule has 0 bridgehead atoms. The lowest BCUT2D eigenvalue weighted by Gasteiger charge is -2.40. The van der Waals surface area contributed by atoms with Gasteiger partial charge in [-0.05, 0) is 17.2 Å². The number of hydrogen-bond donors (Lipinski definition) is 5. The number of benzene rings is 1. The van der Waals surface area contributed by atoms with Crippen LogP contribution < -0.4 is 11.5 Å². The van der Waals surface area contributed by atoms with Gasteiger partial charge in [0.1, 0.15) is 4.90 Å². The van der Waals surface area contributed by atoms with E-state index in [4.69, 9.17) is 16.0 Å². The first-order valence-electron chi connectivity index (χ1n) is 10.9. The van der Waals surface area contributed by atoms with Crippen molar-refractivity contribution in [3.8, 4) is 11.1 Å². The van der Waals surface area contributed by atoms with Gasteiger partial charge in [-0.2, -0.15) is 25.3 Å². The van der Waals surface area contributed by atoms with Crippen LogP contribution in [0.15, 0.2) is 95.9 Å². The zero-order chi connectivity index (χ0) is 28.4. The predicted octanol–water partition coefficient (Wildman–Crippen LogP) is 2.40. The van der Waals surface area contributed by atoms with Crippen LogP contribution in [0.4, 0.5) is 0 Å². The minimum Gasteiger partial charge on any atom is -0.310 e. The van der Waals surface area contributed by atoms with Gasteiger partial charge in [-0.1, -0.05) is 91.0 Å². The first-order valence-corrected chi connectivity index (χ1v) is 15.2. The highest BCUT2D eigenvalue weighted by molar-refractivity contribution is 8.05. The van der Waals surface area contributed by atoms with Gasteiger partial charge in [-0.15, -0.1) is 0 Å². The molecule has 11 nitrogen and oxygen atoms in total. The molecule has 4 rings (SSSR count). The van der Waals surface area contributed by atoms with Gasteiger partial charge in [0.25, 0.3) is 30.4 Å². The molecule has 14 heteroatoms. The standard InChI is InChI=1S/C14H18N2O6S2.C10H8O3S/c15-13(16)9-8-12(7-6-11-4-2-1-3-5-11)14(10-13,23(17,18)19)24(20,21)22;11-14(12,13)10-7-6-8-4-2-1-3-5-9(8)10/h1-9,12H,10,15-16H2,(H,17,18,19)(H,20,21,22);1-7H,(H,11,12,13). The molecular weight excluding hydrogens is 556 g/mol. The van der Waals surface area contributed by atoms with Crippen molar-refractivity contribution < 1.29 is 38.9 Å². The molecule has 0 heterocycles. The topological polar surface area (TPSA) is 215 Å². The average molecular weight is 583 g/mol. The Kier molecular flexibility index (Phi) is 8.31. The van der Waals surface area contributed by atoms with Gasteiger partial charge < -0.3 is 11.5 Å². The molecule has 1 unspecified atom stereocenters. The quantitative estimate of drug-likeness (QED) is 0.167. The van der Waals surface area contributed by atoms with Gasteiger partial charge in [-0.25, -0.2) is 0 Å². The number of hydrogen-bond acceptors (Lipinski definition) is 8. The normalized spacial score (nSPS) is 19.1. The molecule has 0 radical (unpaired) electrons. The summed E-state index contributed by atoms with van der Waals surface area (Å²) in [7, 11) is -14.7. The summed E-state index contributed by atoms with van der Waals surface area (Å²) < 4.78 is 94.7. The summed E-state index contributed by atoms with van der Waals surface area (Å²) in [6.45, 7) is 0. The molecule has 3 aliphatic carbocycles. The van der Waals surface area contributed by atoms with Crippen LogP contribution in [-0.2, 0) is 30.4 Å². The summed E-state index contributed by atoms with van der Waals surface area (Å²) in [6.07, 6.45) is 4.20. The summed E-state index contributed by atoms with van der Waals surface area (Å²) in [5.41, 5.74) is 11.4. The second-order valence-corrected chi connectivity index (χ2v) is 13.7. The van der Waals surface area contributed by atoms with E-state index in [1.807, 2.05) is 6.07 Å². The third-order valence-electron chi connectivity index (χ3n) is 5.87. The van der Waals surface area contributed by atoms with E-state index in [0.717, 1.165) is 11.6 Å². The van der Waals surface area contributed by atoms with Gasteiger partial charge in [0.15, 0.2) is 0 Å². The number of nitrogens with two attached hydrogens (primary N) is 2. The fraction of sp³-hybridized carbons (Fsp3) is 0.167. The van der Waals surface area contributed by atoms with E-state index < -0.39 is 52.4 Å². The Bertz CT molecular complexity index is 1620. The van der Waals surface area contributed by atoms with Gasteiger partial charge in [-0.3, -0.25) is 13.7 Å². The van der Waals surface area contributed by atoms with E-state index in [1.165, 1.54) is 24.3 Å². The molecule has 0 aromatic heterocycles. The van der Waals surface area contributed by atoms with Crippen LogP contribution in [0.1, 0.15) is 12.0 Å². The van der Waals surface area contributed by atoms with Crippen LogP contribution in [0.5, 0.6) is 0 Å². The SMILES string of the molecule is NC1(N)C=CC(C=Cc2ccccc2)C(S(=O)(=O)O)(S(=O)(=O)O)C1.O=S(=O)(O)c1ccc2cccccc1-2. The first kappa shape index (κ1) is 29.6. The minimum absolute atomic E-state index is 0.0382. The highest BCUT2D eigenvalue weighted by Gasteiger charge is 2.62. The molecule has 1 atom stereocenters. The molecule has 7 N–H and O–H groups in total. The Morgan fingerprint density at radius 1 is 0.763 bits per heavy atom. The third kappa shape index (κ3) is 6.36. The van der Waals surface area contributed by atoms with E-state index >= 15 is 0 Å². The zero-order valence-corrected chi connectivity index (χ0v) is 22.1. The van der Waals surface area contributed by atoms with Crippen LogP contribution in [0, 0.1) is 5.92 Å². The van der Waals surface area contributed by atoms with E-state index in [9.17, 15) is 34.4 Å². The molecule has 38 heavy (non-hydrogen) atoms. The van der Waals surface area contributed by atoms with Crippen LogP contribution in [0.3, 0.4) is 0 Å². The average Bonchev–Trinajstić information content (AvgIpc) is 3.07. The lowest BCUT2D eigenvalue weighted by Crippen LogP contribution is -2.63. The van der Waals surface area contributed by atoms with Crippen molar-refractivity contribution in [3.63, 3.8) is 0 Å². The molecule has 0 fully saturated rings. The van der Waals surface area contributed by atoms with E-state index in [0.29, 0.717) is 11.1 Å². The maximum Gasteiger partial charge on any atom is 0.295 e. The van der Waals surface area contributed by atoms with Crippen LogP contribution in [0.25, 0.3) is 17.2 Å². The lowest BCUT2D eigenvalue weighted by molar-refractivity contribution is 0.342. The molecule has 1 aromatic carbocycles. The number of allylic oxidation sites excluding steroid dienone is 2. The fourth-order valence-electron chi connectivity index (χ4n) is 4.09. The summed E-state index contributed by atoms with van der Waals surface area (Å²) in [5, 5.41) is 0. The molecule has 0 saturated carbocycles. The Hall–Kier alpha value is -2.95. The largest absolute Gasteiger partial charge is 0.310 e. The molecule has 204 valence electrons. The molecule has 0 saturated heterocycles. The summed E-state index contributed by atoms with van der Waals surface area (Å²) in [5.74, 6) is -1.39. The van der Waals surface area contributed by atoms with Gasteiger partial charge in [0, 0.05) is 17.9 Å². The van der Waals surface area contributed by atoms with E-state index in [2.05, 4.69) is 0 Å². The Morgan fingerprint density at radius 3 is 1.87 bits per heavy atom. The minimum atomic E-state index is -5.27. The van der Waals surface area contributed by atoms with Crippen molar-refractivity contribution in [2.75, 3.05) is 0 Å². The molecule has 1 aromatic rings. The van der Waals surface area contributed by atoms with Crippen LogP contribution >= 0.6 is 0 Å². The van der Waals surface area contributed by atoms with Gasteiger partial charge in [0.2, 0.25) is 4.08 Å². The molecule has 0 spiro atoms. The Balaban J connectivity index is 0.000000241. The van der Waals surface area contributed by atoms with Crippen molar-refractivity contribution >= 4 is 36.4 Å². The highest BCUT2D eigenvalue weighted by Crippen LogP contribution is 2.43. The van der Waals surface area contributed by atoms with Crippen molar-refractivity contribution in [2.24, 2.45) is 17.4 Å². The molecule has 0 amide bonds. The monoisotopic (exact) mass is 582 g/mol. The Labute approximate surface area is 221 Å². The second-order valence-electron chi connectivity index (χ2n) is 8.66. The van der Waals surface area contributed by atoms with Gasteiger partial charge in [0.05, 0.1) is 5.66 Å². The van der Waals surface area contributed by atoms with E-state index in [-0.39, 0.29) is 4.90 Å². The Morgan fingerprint density at radius 2 is 1.32 bits per heavy atom. The summed E-state index contributed by atoms with van der Waals surface area (Å²) in [4.78, 5) is -0.0382. The zero-order valence-electron chi connectivity index (χ0n) is 19.7. The molecule has 0 aliphatic heterocycles. The summed E-state index contributed by atoms with van der Waals surface area (Å²) >= 11 is 0. The predicted molar refractivity (Wildman–Crippen MR) is 143 cm³/mol. The van der Waals surface area contributed by atoms with Crippen LogP contribution in [-0.4, -0.2) is 48.7 Å². The number of rotatable bonds is 5.